The Balaban J connectivity index is 1.92. The Morgan fingerprint density at radius 3 is 3.12 bits per heavy atom. The van der Waals surface area contributed by atoms with Crippen molar-refractivity contribution in [3.63, 3.8) is 0 Å². The van der Waals surface area contributed by atoms with Crippen molar-refractivity contribution in [3.8, 4) is 0 Å². The molecule has 0 aromatic carbocycles. The zero-order valence-electron chi connectivity index (χ0n) is 11.2. The summed E-state index contributed by atoms with van der Waals surface area (Å²) in [5, 5.41) is 3.38. The van der Waals surface area contributed by atoms with E-state index >= 15 is 0 Å². The highest BCUT2D eigenvalue weighted by molar-refractivity contribution is 5.09. The maximum Gasteiger partial charge on any atom is 0.120 e. The smallest absolute Gasteiger partial charge is 0.120 e. The molecular weight excluding hydrogens is 212 g/mol. The van der Waals surface area contributed by atoms with E-state index in [4.69, 9.17) is 0 Å². The zero-order chi connectivity index (χ0) is 12.3. The summed E-state index contributed by atoms with van der Waals surface area (Å²) >= 11 is 0. The number of nitrogens with one attached hydrogen (secondary N) is 2. The molecule has 17 heavy (non-hydrogen) atoms. The van der Waals surface area contributed by atoms with Crippen molar-refractivity contribution in [3.05, 3.63) is 17.7 Å². The molecule has 0 saturated carbocycles. The molecule has 96 valence electrons. The Bertz CT molecular complexity index is 345. The largest absolute Gasteiger partial charge is 0.345 e. The molecule has 1 atom stereocenters. The topological polar surface area (TPSA) is 44.0 Å². The number of rotatable bonds is 4. The van der Waals surface area contributed by atoms with Crippen LogP contribution in [0.2, 0.25) is 0 Å². The first-order valence-electron chi connectivity index (χ1n) is 6.61. The third-order valence-electron chi connectivity index (χ3n) is 3.39. The summed E-state index contributed by atoms with van der Waals surface area (Å²) in [4.78, 5) is 10.3. The molecule has 4 heteroatoms. The summed E-state index contributed by atoms with van der Waals surface area (Å²) < 4.78 is 0. The van der Waals surface area contributed by atoms with Crippen LogP contribution in [0.5, 0.6) is 0 Å². The minimum absolute atomic E-state index is 0.504. The summed E-state index contributed by atoms with van der Waals surface area (Å²) in [6.45, 7) is 7.52. The van der Waals surface area contributed by atoms with E-state index in [0.717, 1.165) is 18.9 Å². The summed E-state index contributed by atoms with van der Waals surface area (Å²) in [6.07, 6.45) is 4.59. The minimum Gasteiger partial charge on any atom is -0.345 e. The van der Waals surface area contributed by atoms with Crippen LogP contribution in [0.25, 0.3) is 0 Å². The van der Waals surface area contributed by atoms with Gasteiger partial charge in [-0.2, -0.15) is 0 Å². The molecule has 1 fully saturated rings. The molecule has 1 aromatic heterocycles. The van der Waals surface area contributed by atoms with Crippen LogP contribution < -0.4 is 5.32 Å². The third-order valence-corrected chi connectivity index (χ3v) is 3.39. The molecule has 1 aliphatic rings. The number of piperidine rings is 1. The number of hydrogen-bond donors (Lipinski definition) is 2. The molecule has 2 rings (SSSR count). The molecule has 0 amide bonds. The van der Waals surface area contributed by atoms with E-state index in [1.165, 1.54) is 25.1 Å². The van der Waals surface area contributed by atoms with Gasteiger partial charge in [0.25, 0.3) is 0 Å². The van der Waals surface area contributed by atoms with Gasteiger partial charge in [0.2, 0.25) is 0 Å². The Morgan fingerprint density at radius 2 is 2.41 bits per heavy atom. The van der Waals surface area contributed by atoms with Crippen LogP contribution in [0, 0.1) is 0 Å². The first-order chi connectivity index (χ1) is 8.15. The van der Waals surface area contributed by atoms with Crippen molar-refractivity contribution < 1.29 is 0 Å². The van der Waals surface area contributed by atoms with Gasteiger partial charge >= 0.3 is 0 Å². The third kappa shape index (κ3) is 3.54. The molecule has 2 N–H and O–H groups in total. The highest BCUT2D eigenvalue weighted by Crippen LogP contribution is 2.24. The quantitative estimate of drug-likeness (QED) is 0.836. The van der Waals surface area contributed by atoms with Crippen LogP contribution in [0.15, 0.2) is 6.20 Å². The van der Waals surface area contributed by atoms with Crippen LogP contribution in [-0.4, -0.2) is 41.0 Å². The maximum absolute atomic E-state index is 4.45. The van der Waals surface area contributed by atoms with Gasteiger partial charge in [0.15, 0.2) is 0 Å². The number of likely N-dealkylation sites (N-methyl/N-ethyl adjacent to an activating group) is 1. The monoisotopic (exact) mass is 236 g/mol. The Hall–Kier alpha value is -0.870. The van der Waals surface area contributed by atoms with E-state index in [1.807, 2.05) is 6.20 Å². The van der Waals surface area contributed by atoms with Gasteiger partial charge in [0, 0.05) is 30.4 Å². The fraction of sp³-hybridized carbons (Fsp3) is 0.769. The number of hydrogen-bond acceptors (Lipinski definition) is 3. The van der Waals surface area contributed by atoms with Crippen molar-refractivity contribution in [1.29, 1.82) is 0 Å². The Morgan fingerprint density at radius 1 is 1.59 bits per heavy atom. The standard InChI is InChI=1S/C13H24N4/c1-10(2)14-8-13-15-7-12(16-13)11-5-4-6-17(3)9-11/h7,10-11,14H,4-6,8-9H2,1-3H3,(H,15,16). The van der Waals surface area contributed by atoms with Crippen molar-refractivity contribution >= 4 is 0 Å². The number of aromatic amines is 1. The SMILES string of the molecule is CC(C)NCc1ncc(C2CCCN(C)C2)[nH]1. The maximum atomic E-state index is 4.45. The van der Waals surface area contributed by atoms with E-state index in [0.29, 0.717) is 12.0 Å². The van der Waals surface area contributed by atoms with Crippen molar-refractivity contribution in [2.45, 2.75) is 45.2 Å². The van der Waals surface area contributed by atoms with E-state index in [-0.39, 0.29) is 0 Å². The van der Waals surface area contributed by atoms with Gasteiger partial charge in [-0.25, -0.2) is 4.98 Å². The zero-order valence-corrected chi connectivity index (χ0v) is 11.2. The van der Waals surface area contributed by atoms with Crippen LogP contribution in [0.4, 0.5) is 0 Å². The second-order valence-electron chi connectivity index (χ2n) is 5.42. The summed E-state index contributed by atoms with van der Waals surface area (Å²) in [5.74, 6) is 1.69. The van der Waals surface area contributed by atoms with Gasteiger partial charge < -0.3 is 15.2 Å². The van der Waals surface area contributed by atoms with Gasteiger partial charge in [-0.1, -0.05) is 13.8 Å². The minimum atomic E-state index is 0.504. The van der Waals surface area contributed by atoms with E-state index in [2.05, 4.69) is 41.1 Å². The average Bonchev–Trinajstić information content (AvgIpc) is 2.75. The molecule has 0 spiro atoms. The molecule has 2 heterocycles. The van der Waals surface area contributed by atoms with Crippen molar-refractivity contribution in [2.24, 2.45) is 0 Å². The number of nitrogens with zero attached hydrogens (tertiary/aromatic N) is 2. The second-order valence-corrected chi connectivity index (χ2v) is 5.42. The summed E-state index contributed by atoms with van der Waals surface area (Å²) in [7, 11) is 2.20. The lowest BCUT2D eigenvalue weighted by Gasteiger charge is -2.28. The molecule has 1 unspecified atom stereocenters. The van der Waals surface area contributed by atoms with Crippen LogP contribution in [0.1, 0.15) is 44.1 Å². The van der Waals surface area contributed by atoms with E-state index in [1.54, 1.807) is 0 Å². The lowest BCUT2D eigenvalue weighted by atomic mass is 9.96. The Kier molecular flexibility index (Phi) is 4.18. The van der Waals surface area contributed by atoms with Crippen LogP contribution in [0.3, 0.4) is 0 Å². The van der Waals surface area contributed by atoms with Crippen LogP contribution in [-0.2, 0) is 6.54 Å². The van der Waals surface area contributed by atoms with E-state index < -0.39 is 0 Å². The number of likely N-dealkylation sites (tertiary alicyclic amines) is 1. The van der Waals surface area contributed by atoms with Crippen molar-refractivity contribution in [1.82, 2.24) is 20.2 Å². The first kappa shape index (κ1) is 12.6. The van der Waals surface area contributed by atoms with Gasteiger partial charge in [-0.05, 0) is 26.4 Å². The van der Waals surface area contributed by atoms with Gasteiger partial charge in [0.1, 0.15) is 5.82 Å². The second kappa shape index (κ2) is 5.65. The predicted molar refractivity (Wildman–Crippen MR) is 70.0 cm³/mol. The van der Waals surface area contributed by atoms with Crippen LogP contribution >= 0.6 is 0 Å². The molecule has 1 aliphatic heterocycles. The highest BCUT2D eigenvalue weighted by Gasteiger charge is 2.20. The normalized spacial score (nSPS) is 22.2. The fourth-order valence-corrected chi connectivity index (χ4v) is 2.40. The molecule has 1 saturated heterocycles. The molecule has 0 radical (unpaired) electrons. The summed E-state index contributed by atoms with van der Waals surface area (Å²) in [6, 6.07) is 0.504. The van der Waals surface area contributed by atoms with Gasteiger partial charge in [0.05, 0.1) is 6.54 Å². The molecular formula is C13H24N4. The summed E-state index contributed by atoms with van der Waals surface area (Å²) in [5.41, 5.74) is 1.30. The number of aromatic nitrogens is 2. The highest BCUT2D eigenvalue weighted by atomic mass is 15.1. The predicted octanol–water partition coefficient (Wildman–Crippen LogP) is 1.72. The van der Waals surface area contributed by atoms with E-state index in [9.17, 15) is 0 Å². The molecule has 4 nitrogen and oxygen atoms in total. The Labute approximate surface area is 104 Å². The van der Waals surface area contributed by atoms with Gasteiger partial charge in [-0.15, -0.1) is 0 Å². The lowest BCUT2D eigenvalue weighted by Crippen LogP contribution is -2.31. The number of H-pyrrole nitrogens is 1. The molecule has 0 aliphatic carbocycles. The lowest BCUT2D eigenvalue weighted by molar-refractivity contribution is 0.248. The van der Waals surface area contributed by atoms with Gasteiger partial charge in [-0.3, -0.25) is 0 Å². The van der Waals surface area contributed by atoms with Crippen molar-refractivity contribution in [2.75, 3.05) is 20.1 Å². The number of imidazole rings is 1. The molecule has 0 bridgehead atoms. The average molecular weight is 236 g/mol. The molecule has 1 aromatic rings. The first-order valence-corrected chi connectivity index (χ1v) is 6.61. The fourth-order valence-electron chi connectivity index (χ4n) is 2.40.